The van der Waals surface area contributed by atoms with E-state index in [2.05, 4.69) is 6.58 Å². The minimum atomic E-state index is -0.865. The number of carboxylic acid groups (broad SMARTS) is 1. The molecule has 0 saturated carbocycles. The third-order valence-electron chi connectivity index (χ3n) is 2.68. The van der Waals surface area contributed by atoms with Crippen molar-refractivity contribution in [2.24, 2.45) is 5.41 Å². The van der Waals surface area contributed by atoms with E-state index >= 15 is 0 Å². The van der Waals surface area contributed by atoms with E-state index in [-0.39, 0.29) is 0 Å². The molecule has 15 heavy (non-hydrogen) atoms. The van der Waals surface area contributed by atoms with E-state index in [0.29, 0.717) is 6.42 Å². The highest BCUT2D eigenvalue weighted by atomic mass is 16.4. The summed E-state index contributed by atoms with van der Waals surface area (Å²) >= 11 is 0. The largest absolute Gasteiger partial charge is 0.481 e. The van der Waals surface area contributed by atoms with Gasteiger partial charge in [0.1, 0.15) is 0 Å². The molecule has 0 amide bonds. The highest BCUT2D eigenvalue weighted by molar-refractivity contribution is 5.77. The standard InChI is InChI=1S/C13H16O2/c1-10(13(2,3)12(14)15)9-11-7-5-4-6-8-11/h4-8H,1,9H2,2-3H3,(H,14,15). The van der Waals surface area contributed by atoms with Crippen molar-refractivity contribution in [1.82, 2.24) is 0 Å². The van der Waals surface area contributed by atoms with E-state index in [1.807, 2.05) is 30.3 Å². The molecule has 0 aromatic heterocycles. The zero-order chi connectivity index (χ0) is 11.5. The first-order chi connectivity index (χ1) is 6.94. The summed E-state index contributed by atoms with van der Waals surface area (Å²) < 4.78 is 0. The molecular formula is C13H16O2. The van der Waals surface area contributed by atoms with Crippen LogP contribution < -0.4 is 0 Å². The molecule has 0 spiro atoms. The summed E-state index contributed by atoms with van der Waals surface area (Å²) in [6, 6.07) is 9.77. The van der Waals surface area contributed by atoms with Crippen LogP contribution in [0.1, 0.15) is 19.4 Å². The Morgan fingerprint density at radius 3 is 2.33 bits per heavy atom. The van der Waals surface area contributed by atoms with Gasteiger partial charge in [0.15, 0.2) is 0 Å². The van der Waals surface area contributed by atoms with Gasteiger partial charge in [0, 0.05) is 0 Å². The maximum absolute atomic E-state index is 11.0. The molecule has 1 aromatic carbocycles. The van der Waals surface area contributed by atoms with E-state index in [0.717, 1.165) is 11.1 Å². The summed E-state index contributed by atoms with van der Waals surface area (Å²) in [4.78, 5) is 11.0. The van der Waals surface area contributed by atoms with Gasteiger partial charge in [-0.2, -0.15) is 0 Å². The number of aliphatic carboxylic acids is 1. The maximum Gasteiger partial charge on any atom is 0.313 e. The van der Waals surface area contributed by atoms with Gasteiger partial charge in [-0.3, -0.25) is 4.79 Å². The van der Waals surface area contributed by atoms with Crippen molar-refractivity contribution in [3.63, 3.8) is 0 Å². The zero-order valence-corrected chi connectivity index (χ0v) is 9.16. The van der Waals surface area contributed by atoms with Crippen LogP contribution in [0.3, 0.4) is 0 Å². The molecule has 0 saturated heterocycles. The van der Waals surface area contributed by atoms with Crippen molar-refractivity contribution < 1.29 is 9.90 Å². The van der Waals surface area contributed by atoms with Crippen molar-refractivity contribution in [1.29, 1.82) is 0 Å². The fourth-order valence-corrected chi connectivity index (χ4v) is 1.21. The summed E-state index contributed by atoms with van der Waals surface area (Å²) in [7, 11) is 0. The highest BCUT2D eigenvalue weighted by Crippen LogP contribution is 2.27. The lowest BCUT2D eigenvalue weighted by molar-refractivity contribution is -0.144. The molecule has 80 valence electrons. The minimum absolute atomic E-state index is 0.611. The molecule has 1 aromatic rings. The molecule has 0 aliphatic rings. The second kappa shape index (κ2) is 4.30. The molecular weight excluding hydrogens is 188 g/mol. The Balaban J connectivity index is 2.77. The fraction of sp³-hybridized carbons (Fsp3) is 0.308. The Hall–Kier alpha value is -1.57. The maximum atomic E-state index is 11.0. The second-order valence-electron chi connectivity index (χ2n) is 4.20. The third-order valence-corrected chi connectivity index (χ3v) is 2.68. The molecule has 0 aliphatic heterocycles. The van der Waals surface area contributed by atoms with Crippen molar-refractivity contribution in [2.75, 3.05) is 0 Å². The molecule has 2 heteroatoms. The van der Waals surface area contributed by atoms with Crippen molar-refractivity contribution in [3.8, 4) is 0 Å². The molecule has 0 heterocycles. The van der Waals surface area contributed by atoms with Crippen molar-refractivity contribution in [2.45, 2.75) is 20.3 Å². The van der Waals surface area contributed by atoms with Gasteiger partial charge in [-0.15, -0.1) is 0 Å². The molecule has 0 aliphatic carbocycles. The molecule has 1 N–H and O–H groups in total. The molecule has 0 unspecified atom stereocenters. The van der Waals surface area contributed by atoms with Gasteiger partial charge in [-0.05, 0) is 25.8 Å². The van der Waals surface area contributed by atoms with E-state index in [4.69, 9.17) is 5.11 Å². The zero-order valence-electron chi connectivity index (χ0n) is 9.16. The molecule has 0 atom stereocenters. The van der Waals surface area contributed by atoms with Gasteiger partial charge in [0.25, 0.3) is 0 Å². The number of carboxylic acids is 1. The van der Waals surface area contributed by atoms with Crippen LogP contribution in [0.2, 0.25) is 0 Å². The van der Waals surface area contributed by atoms with E-state index in [9.17, 15) is 4.79 Å². The lowest BCUT2D eigenvalue weighted by Crippen LogP contribution is -2.26. The Morgan fingerprint density at radius 1 is 1.33 bits per heavy atom. The third kappa shape index (κ3) is 2.69. The van der Waals surface area contributed by atoms with Crippen LogP contribution in [0.15, 0.2) is 42.5 Å². The lowest BCUT2D eigenvalue weighted by Gasteiger charge is -2.22. The Labute approximate surface area is 90.3 Å². The van der Waals surface area contributed by atoms with Gasteiger partial charge in [0.05, 0.1) is 5.41 Å². The van der Waals surface area contributed by atoms with Crippen LogP contribution in [0, 0.1) is 5.41 Å². The van der Waals surface area contributed by atoms with Crippen LogP contribution in [0.4, 0.5) is 0 Å². The van der Waals surface area contributed by atoms with E-state index < -0.39 is 11.4 Å². The highest BCUT2D eigenvalue weighted by Gasteiger charge is 2.30. The number of carbonyl (C=O) groups is 1. The predicted molar refractivity (Wildman–Crippen MR) is 60.7 cm³/mol. The Morgan fingerprint density at radius 2 is 1.87 bits per heavy atom. The second-order valence-corrected chi connectivity index (χ2v) is 4.20. The first kappa shape index (κ1) is 11.5. The Kier molecular flexibility index (Phi) is 3.30. The lowest BCUT2D eigenvalue weighted by atomic mass is 9.82. The van der Waals surface area contributed by atoms with Crippen molar-refractivity contribution in [3.05, 3.63) is 48.0 Å². The number of rotatable bonds is 4. The van der Waals surface area contributed by atoms with Gasteiger partial charge in [0.2, 0.25) is 0 Å². The fourth-order valence-electron chi connectivity index (χ4n) is 1.21. The van der Waals surface area contributed by atoms with E-state index in [1.165, 1.54) is 0 Å². The summed E-state index contributed by atoms with van der Waals surface area (Å²) in [6.07, 6.45) is 0.611. The average molecular weight is 204 g/mol. The first-order valence-electron chi connectivity index (χ1n) is 4.90. The van der Waals surface area contributed by atoms with Crippen molar-refractivity contribution >= 4 is 5.97 Å². The number of hydrogen-bond donors (Lipinski definition) is 1. The monoisotopic (exact) mass is 204 g/mol. The van der Waals surface area contributed by atoms with Gasteiger partial charge in [-0.1, -0.05) is 42.5 Å². The summed E-state index contributed by atoms with van der Waals surface area (Å²) in [5.41, 5.74) is 0.952. The smallest absolute Gasteiger partial charge is 0.313 e. The molecule has 0 fully saturated rings. The Bertz CT molecular complexity index is 363. The number of hydrogen-bond acceptors (Lipinski definition) is 1. The minimum Gasteiger partial charge on any atom is -0.481 e. The van der Waals surface area contributed by atoms with Gasteiger partial charge in [-0.25, -0.2) is 0 Å². The van der Waals surface area contributed by atoms with Gasteiger partial charge >= 0.3 is 5.97 Å². The van der Waals surface area contributed by atoms with Crippen LogP contribution in [0.5, 0.6) is 0 Å². The quantitative estimate of drug-likeness (QED) is 0.766. The van der Waals surface area contributed by atoms with Crippen LogP contribution in [-0.2, 0) is 11.2 Å². The SMILES string of the molecule is C=C(Cc1ccccc1)C(C)(C)C(=O)O. The normalized spacial score (nSPS) is 11.1. The van der Waals surface area contributed by atoms with Crippen LogP contribution >= 0.6 is 0 Å². The topological polar surface area (TPSA) is 37.3 Å². The predicted octanol–water partition coefficient (Wildman–Crippen LogP) is 2.90. The molecule has 0 bridgehead atoms. The number of benzene rings is 1. The summed E-state index contributed by atoms with van der Waals surface area (Å²) in [5, 5.41) is 9.03. The first-order valence-corrected chi connectivity index (χ1v) is 4.90. The molecule has 1 rings (SSSR count). The van der Waals surface area contributed by atoms with Crippen LogP contribution in [-0.4, -0.2) is 11.1 Å². The molecule has 2 nitrogen and oxygen atoms in total. The summed E-state index contributed by atoms with van der Waals surface area (Å²) in [6.45, 7) is 7.22. The molecule has 0 radical (unpaired) electrons. The summed E-state index contributed by atoms with van der Waals surface area (Å²) in [5.74, 6) is -0.830. The van der Waals surface area contributed by atoms with E-state index in [1.54, 1.807) is 13.8 Å². The van der Waals surface area contributed by atoms with Crippen LogP contribution in [0.25, 0.3) is 0 Å². The van der Waals surface area contributed by atoms with Gasteiger partial charge < -0.3 is 5.11 Å². The average Bonchev–Trinajstić information content (AvgIpc) is 2.18.